The van der Waals surface area contributed by atoms with Gasteiger partial charge in [0.25, 0.3) is 5.91 Å². The summed E-state index contributed by atoms with van der Waals surface area (Å²) in [7, 11) is 0. The molecule has 4 aliphatic rings. The number of nitrogens with one attached hydrogen (secondary N) is 2. The molecule has 4 N–H and O–H groups in total. The van der Waals surface area contributed by atoms with Gasteiger partial charge in [-0.25, -0.2) is 14.4 Å². The number of aromatic nitrogens is 4. The Kier molecular flexibility index (Phi) is 8.19. The number of halogens is 2. The zero-order chi connectivity index (χ0) is 34.7. The molecule has 2 aromatic carbocycles. The van der Waals surface area contributed by atoms with Crippen molar-refractivity contribution in [1.29, 1.82) is 0 Å². The topological polar surface area (TPSA) is 157 Å². The van der Waals surface area contributed by atoms with Crippen molar-refractivity contribution in [2.75, 3.05) is 49.1 Å². The van der Waals surface area contributed by atoms with Crippen molar-refractivity contribution in [3.05, 3.63) is 64.1 Å². The van der Waals surface area contributed by atoms with Crippen LogP contribution >= 0.6 is 11.6 Å². The summed E-state index contributed by atoms with van der Waals surface area (Å²) in [6.07, 6.45) is 3.95. The van der Waals surface area contributed by atoms with Crippen molar-refractivity contribution in [1.82, 2.24) is 35.3 Å². The molecule has 3 saturated heterocycles. The van der Waals surface area contributed by atoms with E-state index in [0.29, 0.717) is 47.1 Å². The molecule has 1 unspecified atom stereocenters. The number of piperidine rings is 2. The fourth-order valence-corrected chi connectivity index (χ4v) is 7.88. The first-order valence-corrected chi connectivity index (χ1v) is 17.4. The van der Waals surface area contributed by atoms with E-state index in [1.165, 1.54) is 11.0 Å². The lowest BCUT2D eigenvalue weighted by molar-refractivity contribution is -0.136. The van der Waals surface area contributed by atoms with Crippen LogP contribution in [0.25, 0.3) is 22.4 Å². The largest absolute Gasteiger partial charge is 0.368 e. The minimum Gasteiger partial charge on any atom is -0.368 e. The molecule has 50 heavy (non-hydrogen) atoms. The van der Waals surface area contributed by atoms with Crippen LogP contribution in [-0.4, -0.2) is 98.5 Å². The second kappa shape index (κ2) is 12.6. The number of H-pyrrole nitrogens is 1. The second-order valence-electron chi connectivity index (χ2n) is 14.1. The van der Waals surface area contributed by atoms with Gasteiger partial charge < -0.3 is 20.4 Å². The predicted molar refractivity (Wildman–Crippen MR) is 186 cm³/mol. The highest BCUT2D eigenvalue weighted by atomic mass is 35.5. The highest BCUT2D eigenvalue weighted by Crippen LogP contribution is 2.38. The summed E-state index contributed by atoms with van der Waals surface area (Å²) in [5, 5.41) is 10.5. The predicted octanol–water partition coefficient (Wildman–Crippen LogP) is 3.21. The molecule has 260 valence electrons. The quantitative estimate of drug-likeness (QED) is 0.255. The van der Waals surface area contributed by atoms with Gasteiger partial charge in [0.15, 0.2) is 5.65 Å². The molecule has 2 aromatic heterocycles. The summed E-state index contributed by atoms with van der Waals surface area (Å²) in [6, 6.07) is 8.40. The Morgan fingerprint density at radius 3 is 2.60 bits per heavy atom. The van der Waals surface area contributed by atoms with Crippen LogP contribution < -0.4 is 20.9 Å². The number of hydrogen-bond donors (Lipinski definition) is 3. The van der Waals surface area contributed by atoms with Gasteiger partial charge in [0, 0.05) is 69.9 Å². The number of nitrogens with two attached hydrogens (primary N) is 1. The Balaban J connectivity index is 0.930. The number of amides is 3. The highest BCUT2D eigenvalue weighted by molar-refractivity contribution is 6.36. The molecule has 0 spiro atoms. The van der Waals surface area contributed by atoms with Gasteiger partial charge in [-0.1, -0.05) is 29.8 Å². The fraction of sp³-hybridized carbons (Fsp3) is 0.429. The van der Waals surface area contributed by atoms with E-state index >= 15 is 4.39 Å². The van der Waals surface area contributed by atoms with Gasteiger partial charge in [-0.2, -0.15) is 5.10 Å². The third-order valence-corrected chi connectivity index (χ3v) is 10.9. The minimum atomic E-state index is -0.782. The maximum Gasteiger partial charge on any atom is 0.258 e. The maximum atomic E-state index is 15.3. The summed E-state index contributed by atoms with van der Waals surface area (Å²) in [5.41, 5.74) is 11.1. The maximum absolute atomic E-state index is 15.3. The van der Waals surface area contributed by atoms with Crippen molar-refractivity contribution >= 4 is 52.0 Å². The van der Waals surface area contributed by atoms with Gasteiger partial charge in [0.05, 0.1) is 22.5 Å². The summed E-state index contributed by atoms with van der Waals surface area (Å²) in [4.78, 5) is 54.7. The van der Waals surface area contributed by atoms with Crippen LogP contribution in [0.2, 0.25) is 5.02 Å². The van der Waals surface area contributed by atoms with Crippen LogP contribution in [0.5, 0.6) is 0 Å². The van der Waals surface area contributed by atoms with Gasteiger partial charge in [0.2, 0.25) is 11.8 Å². The fourth-order valence-electron chi connectivity index (χ4n) is 7.54. The molecule has 3 fully saturated rings. The molecule has 3 amide bonds. The third kappa shape index (κ3) is 5.94. The Morgan fingerprint density at radius 2 is 1.84 bits per heavy atom. The minimum absolute atomic E-state index is 0.00978. The van der Waals surface area contributed by atoms with Gasteiger partial charge >= 0.3 is 0 Å². The molecular formula is C35H38ClFN10O3. The van der Waals surface area contributed by atoms with Crippen LogP contribution in [0.4, 0.5) is 15.9 Å². The summed E-state index contributed by atoms with van der Waals surface area (Å²) in [6.45, 7) is 7.25. The van der Waals surface area contributed by atoms with E-state index in [-0.39, 0.29) is 36.4 Å². The Bertz CT molecular complexity index is 2020. The number of nitrogens with zero attached hydrogens (tertiary/aromatic N) is 7. The van der Waals surface area contributed by atoms with Crippen molar-refractivity contribution in [3.8, 4) is 11.3 Å². The van der Waals surface area contributed by atoms with Gasteiger partial charge in [-0.05, 0) is 49.4 Å². The van der Waals surface area contributed by atoms with Crippen LogP contribution in [0, 0.1) is 5.82 Å². The number of anilines is 2. The van der Waals surface area contributed by atoms with Gasteiger partial charge in [0.1, 0.15) is 28.9 Å². The number of carbonyl (C=O) groups excluding carboxylic acids is 3. The number of rotatable bonds is 6. The Morgan fingerprint density at radius 1 is 1.06 bits per heavy atom. The average Bonchev–Trinajstić information content (AvgIpc) is 3.66. The van der Waals surface area contributed by atoms with E-state index in [4.69, 9.17) is 27.3 Å². The lowest BCUT2D eigenvalue weighted by Gasteiger charge is -2.37. The molecule has 13 nitrogen and oxygen atoms in total. The first kappa shape index (κ1) is 32.5. The van der Waals surface area contributed by atoms with Crippen LogP contribution in [0.3, 0.4) is 0 Å². The van der Waals surface area contributed by atoms with Crippen molar-refractivity contribution in [2.45, 2.75) is 57.3 Å². The molecule has 0 saturated carbocycles. The highest BCUT2D eigenvalue weighted by Gasteiger charge is 2.40. The van der Waals surface area contributed by atoms with E-state index in [1.54, 1.807) is 6.20 Å². The first-order chi connectivity index (χ1) is 24.0. The summed E-state index contributed by atoms with van der Waals surface area (Å²) < 4.78 is 15.3. The number of imide groups is 1. The van der Waals surface area contributed by atoms with E-state index in [2.05, 4.69) is 37.1 Å². The molecular weight excluding hydrogens is 663 g/mol. The second-order valence-corrected chi connectivity index (χ2v) is 14.4. The van der Waals surface area contributed by atoms with Crippen molar-refractivity contribution < 1.29 is 18.8 Å². The Labute approximate surface area is 292 Å². The number of carbonyl (C=O) groups is 3. The lowest BCUT2D eigenvalue weighted by atomic mass is 9.91. The van der Waals surface area contributed by atoms with E-state index in [0.717, 1.165) is 61.7 Å². The zero-order valence-corrected chi connectivity index (χ0v) is 28.5. The standard InChI is InChI=1S/C35H38ClFN10O3/c1-35(38)7-9-46(10-8-35)26-17-39-31-30(42-43-32(31)40-26)22-3-2-4-24(29(22)36)45-13-11-44(12-14-45)18-20-15-21-19-47(34(50)28(21)23(37)16-20)25-5-6-27(48)41-33(25)49/h2-4,15-17,25H,5-14,18-19,38H2,1H3,(H,40,42,43)(H,41,48,49). The molecule has 6 heterocycles. The van der Waals surface area contributed by atoms with E-state index in [1.807, 2.05) is 24.3 Å². The number of benzene rings is 2. The van der Waals surface area contributed by atoms with Crippen LogP contribution in [0.1, 0.15) is 54.1 Å². The first-order valence-electron chi connectivity index (χ1n) is 17.0. The number of piperazine rings is 1. The monoisotopic (exact) mass is 700 g/mol. The Hall–Kier alpha value is -4.66. The molecule has 0 radical (unpaired) electrons. The van der Waals surface area contributed by atoms with Gasteiger partial charge in [-0.3, -0.25) is 29.7 Å². The molecule has 15 heteroatoms. The smallest absolute Gasteiger partial charge is 0.258 e. The molecule has 4 aromatic rings. The van der Waals surface area contributed by atoms with Crippen LogP contribution in [-0.2, 0) is 22.7 Å². The SMILES string of the molecule is CC1(N)CCN(c2cnc3c(-c4cccc(N5CCN(Cc6cc(F)c7c(c6)CN(C6CCC(=O)NC6=O)C7=O)CC5)c4Cl)n[nH]c3n2)CC1. The molecule has 1 atom stereocenters. The number of aromatic amines is 1. The van der Waals surface area contributed by atoms with Gasteiger partial charge in [-0.15, -0.1) is 0 Å². The average molecular weight is 701 g/mol. The summed E-state index contributed by atoms with van der Waals surface area (Å²) >= 11 is 7.05. The van der Waals surface area contributed by atoms with Crippen molar-refractivity contribution in [2.24, 2.45) is 5.73 Å². The van der Waals surface area contributed by atoms with Crippen molar-refractivity contribution in [3.63, 3.8) is 0 Å². The molecule has 8 rings (SSSR count). The molecule has 4 aliphatic heterocycles. The van der Waals surface area contributed by atoms with Crippen LogP contribution in [0.15, 0.2) is 36.5 Å². The molecule has 0 bridgehead atoms. The number of hydrogen-bond acceptors (Lipinski definition) is 10. The molecule has 0 aliphatic carbocycles. The number of fused-ring (bicyclic) bond motifs is 2. The zero-order valence-electron chi connectivity index (χ0n) is 27.7. The lowest BCUT2D eigenvalue weighted by Crippen LogP contribution is -2.52. The normalized spacial score (nSPS) is 21.2. The summed E-state index contributed by atoms with van der Waals surface area (Å²) in [5.74, 6) is -1.17. The third-order valence-electron chi connectivity index (χ3n) is 10.5. The van der Waals surface area contributed by atoms with E-state index < -0.39 is 23.7 Å². The van der Waals surface area contributed by atoms with E-state index in [9.17, 15) is 14.4 Å².